The van der Waals surface area contributed by atoms with Crippen molar-refractivity contribution in [3.05, 3.63) is 123 Å². The fourth-order valence-electron chi connectivity index (χ4n) is 4.20. The van der Waals surface area contributed by atoms with Crippen LogP contribution in [0.25, 0.3) is 33.5 Å². The van der Waals surface area contributed by atoms with Crippen LogP contribution in [0.3, 0.4) is 0 Å². The van der Waals surface area contributed by atoms with Gasteiger partial charge in [-0.15, -0.1) is 0 Å². The van der Waals surface area contributed by atoms with Crippen LogP contribution in [0.2, 0.25) is 0 Å². The molecule has 0 saturated heterocycles. The summed E-state index contributed by atoms with van der Waals surface area (Å²) >= 11 is 3.47. The molecule has 202 valence electrons. The molecule has 41 heavy (non-hydrogen) atoms. The monoisotopic (exact) mass is 610 g/mol. The number of nitrogens with zero attached hydrogens (tertiary/aromatic N) is 3. The molecule has 10 heteroatoms. The molecule has 6 rings (SSSR count). The number of anilines is 1. The number of halogens is 2. The standard InChI is InChI=1S/C31H20BrFN4O4/c32-21-10-13-27-20(14-21)15-28(41-27)30-36-26-7-2-1-6-25(26)31(39)37(30)34-17-19-8-11-24(12-9-19)40-18-29(38)35-23-5-3-4-22(33)16-23/h1-17H,18H2,(H,35,38). The van der Waals surface area contributed by atoms with Gasteiger partial charge < -0.3 is 14.5 Å². The minimum atomic E-state index is -0.444. The SMILES string of the molecule is O=C(COc1ccc(C=Nn2c(-c3cc4cc(Br)ccc4o3)nc3ccccc3c2=O)cc1)Nc1cccc(F)c1. The Labute approximate surface area is 240 Å². The van der Waals surface area contributed by atoms with Gasteiger partial charge in [0.2, 0.25) is 5.82 Å². The minimum Gasteiger partial charge on any atom is -0.484 e. The third kappa shape index (κ3) is 5.78. The first kappa shape index (κ1) is 26.1. The molecule has 0 aliphatic heterocycles. The van der Waals surface area contributed by atoms with Crippen LogP contribution in [0.15, 0.2) is 116 Å². The van der Waals surface area contributed by atoms with E-state index in [1.54, 1.807) is 48.5 Å². The highest BCUT2D eigenvalue weighted by atomic mass is 79.9. The van der Waals surface area contributed by atoms with E-state index in [9.17, 15) is 14.0 Å². The van der Waals surface area contributed by atoms with Crippen LogP contribution >= 0.6 is 15.9 Å². The van der Waals surface area contributed by atoms with Crippen LogP contribution in [0, 0.1) is 5.82 Å². The molecule has 8 nitrogen and oxygen atoms in total. The third-order valence-electron chi connectivity index (χ3n) is 6.13. The molecule has 0 unspecified atom stereocenters. The number of fused-ring (bicyclic) bond motifs is 2. The van der Waals surface area contributed by atoms with Crippen molar-refractivity contribution in [2.75, 3.05) is 11.9 Å². The molecule has 2 aromatic heterocycles. The van der Waals surface area contributed by atoms with Crippen LogP contribution in [0.5, 0.6) is 5.75 Å². The van der Waals surface area contributed by atoms with Crippen molar-refractivity contribution in [3.8, 4) is 17.3 Å². The maximum absolute atomic E-state index is 13.4. The summed E-state index contributed by atoms with van der Waals surface area (Å²) in [5, 5.41) is 8.31. The van der Waals surface area contributed by atoms with Gasteiger partial charge in [0, 0.05) is 15.5 Å². The molecular weight excluding hydrogens is 591 g/mol. The Hall–Kier alpha value is -5.09. The van der Waals surface area contributed by atoms with E-state index in [2.05, 4.69) is 26.3 Å². The summed E-state index contributed by atoms with van der Waals surface area (Å²) in [5.74, 6) is 0.255. The van der Waals surface area contributed by atoms with E-state index in [1.165, 1.54) is 29.1 Å². The number of aromatic nitrogens is 2. The molecule has 0 fully saturated rings. The zero-order valence-corrected chi connectivity index (χ0v) is 22.8. The second-order valence-electron chi connectivity index (χ2n) is 9.02. The van der Waals surface area contributed by atoms with Crippen molar-refractivity contribution < 1.29 is 18.3 Å². The van der Waals surface area contributed by atoms with Crippen molar-refractivity contribution in [1.29, 1.82) is 0 Å². The van der Waals surface area contributed by atoms with Gasteiger partial charge in [0.25, 0.3) is 11.5 Å². The van der Waals surface area contributed by atoms with Gasteiger partial charge in [0.05, 0.1) is 17.1 Å². The fourth-order valence-corrected chi connectivity index (χ4v) is 4.58. The molecule has 0 bridgehead atoms. The minimum absolute atomic E-state index is 0.250. The van der Waals surface area contributed by atoms with E-state index in [0.29, 0.717) is 39.2 Å². The number of carbonyl (C=O) groups is 1. The molecule has 0 aliphatic rings. The number of rotatable bonds is 7. The summed E-state index contributed by atoms with van der Waals surface area (Å²) in [4.78, 5) is 30.3. The molecule has 2 heterocycles. The number of hydrogen-bond donors (Lipinski definition) is 1. The van der Waals surface area contributed by atoms with Crippen LogP contribution in [-0.2, 0) is 4.79 Å². The van der Waals surface area contributed by atoms with E-state index in [4.69, 9.17) is 14.1 Å². The van der Waals surface area contributed by atoms with Gasteiger partial charge in [0.1, 0.15) is 17.1 Å². The molecule has 0 spiro atoms. The molecular formula is C31H20BrFN4O4. The predicted molar refractivity (Wildman–Crippen MR) is 159 cm³/mol. The van der Waals surface area contributed by atoms with E-state index >= 15 is 0 Å². The molecule has 0 radical (unpaired) electrons. The Bertz CT molecular complexity index is 2000. The normalized spacial score (nSPS) is 11.4. The maximum atomic E-state index is 13.4. The highest BCUT2D eigenvalue weighted by Crippen LogP contribution is 2.29. The topological polar surface area (TPSA) is 98.7 Å². The second-order valence-corrected chi connectivity index (χ2v) is 9.94. The first-order valence-electron chi connectivity index (χ1n) is 12.5. The van der Waals surface area contributed by atoms with Crippen LogP contribution < -0.4 is 15.6 Å². The zero-order chi connectivity index (χ0) is 28.3. The third-order valence-corrected chi connectivity index (χ3v) is 6.63. The molecule has 0 saturated carbocycles. The van der Waals surface area contributed by atoms with E-state index in [1.807, 2.05) is 30.3 Å². The Morgan fingerprint density at radius 1 is 1.02 bits per heavy atom. The average molecular weight is 611 g/mol. The summed E-state index contributed by atoms with van der Waals surface area (Å²) in [5.41, 5.74) is 1.87. The lowest BCUT2D eigenvalue weighted by Crippen LogP contribution is -2.20. The van der Waals surface area contributed by atoms with Crippen molar-refractivity contribution in [3.63, 3.8) is 0 Å². The highest BCUT2D eigenvalue weighted by molar-refractivity contribution is 9.10. The number of benzene rings is 4. The Morgan fingerprint density at radius 3 is 2.68 bits per heavy atom. The maximum Gasteiger partial charge on any atom is 0.282 e. The molecule has 1 N–H and O–H groups in total. The first-order chi connectivity index (χ1) is 19.9. The average Bonchev–Trinajstić information content (AvgIpc) is 3.39. The van der Waals surface area contributed by atoms with Crippen molar-refractivity contribution in [1.82, 2.24) is 9.66 Å². The largest absolute Gasteiger partial charge is 0.484 e. The Balaban J connectivity index is 1.24. The second kappa shape index (κ2) is 11.2. The van der Waals surface area contributed by atoms with E-state index < -0.39 is 11.7 Å². The van der Waals surface area contributed by atoms with Crippen molar-refractivity contribution >= 4 is 55.6 Å². The van der Waals surface area contributed by atoms with Gasteiger partial charge in [-0.05, 0) is 84.4 Å². The molecule has 1 amide bonds. The van der Waals surface area contributed by atoms with E-state index in [-0.39, 0.29) is 18.0 Å². The number of para-hydroxylation sites is 1. The number of carbonyl (C=O) groups excluding carboxylic acids is 1. The smallest absolute Gasteiger partial charge is 0.282 e. The lowest BCUT2D eigenvalue weighted by atomic mass is 10.2. The molecule has 4 aromatic carbocycles. The van der Waals surface area contributed by atoms with E-state index in [0.717, 1.165) is 9.86 Å². The summed E-state index contributed by atoms with van der Waals surface area (Å²) in [6.45, 7) is -0.250. The van der Waals surface area contributed by atoms with Gasteiger partial charge in [-0.3, -0.25) is 9.59 Å². The molecule has 0 atom stereocenters. The number of amides is 1. The fraction of sp³-hybridized carbons (Fsp3) is 0.0323. The van der Waals surface area contributed by atoms with Crippen LogP contribution in [-0.4, -0.2) is 28.4 Å². The Morgan fingerprint density at radius 2 is 1.85 bits per heavy atom. The van der Waals surface area contributed by atoms with Crippen molar-refractivity contribution in [2.24, 2.45) is 5.10 Å². The van der Waals surface area contributed by atoms with Gasteiger partial charge in [-0.1, -0.05) is 34.1 Å². The molecule has 6 aromatic rings. The lowest BCUT2D eigenvalue weighted by Gasteiger charge is -2.08. The summed E-state index contributed by atoms with van der Waals surface area (Å²) in [6, 6.07) is 26.9. The number of furan rings is 1. The summed E-state index contributed by atoms with van der Waals surface area (Å²) in [6.07, 6.45) is 1.53. The first-order valence-corrected chi connectivity index (χ1v) is 13.3. The highest BCUT2D eigenvalue weighted by Gasteiger charge is 2.16. The summed E-state index contributed by atoms with van der Waals surface area (Å²) < 4.78 is 27.0. The van der Waals surface area contributed by atoms with Gasteiger partial charge >= 0.3 is 0 Å². The van der Waals surface area contributed by atoms with Gasteiger partial charge in [0.15, 0.2) is 12.4 Å². The van der Waals surface area contributed by atoms with Crippen LogP contribution in [0.4, 0.5) is 10.1 Å². The van der Waals surface area contributed by atoms with Gasteiger partial charge in [-0.25, -0.2) is 9.37 Å². The summed E-state index contributed by atoms with van der Waals surface area (Å²) in [7, 11) is 0. The molecule has 0 aliphatic carbocycles. The quantitative estimate of drug-likeness (QED) is 0.205. The number of ether oxygens (including phenoxy) is 1. The number of nitrogens with one attached hydrogen (secondary N) is 1. The van der Waals surface area contributed by atoms with Crippen LogP contribution in [0.1, 0.15) is 5.56 Å². The number of hydrogen-bond acceptors (Lipinski definition) is 6. The lowest BCUT2D eigenvalue weighted by molar-refractivity contribution is -0.118. The Kier molecular flexibility index (Phi) is 7.13. The van der Waals surface area contributed by atoms with Crippen molar-refractivity contribution in [2.45, 2.75) is 0 Å². The predicted octanol–water partition coefficient (Wildman–Crippen LogP) is 6.61. The van der Waals surface area contributed by atoms with Gasteiger partial charge in [-0.2, -0.15) is 9.78 Å². The zero-order valence-electron chi connectivity index (χ0n) is 21.3.